The van der Waals surface area contributed by atoms with Gasteiger partial charge in [-0.15, -0.1) is 0 Å². The molecule has 2 heterocycles. The molecule has 9 heteroatoms. The summed E-state index contributed by atoms with van der Waals surface area (Å²) in [5.74, 6) is -1.16. The Morgan fingerprint density at radius 1 is 1.09 bits per heavy atom. The molecule has 168 valence electrons. The molecule has 1 aliphatic rings. The number of carbonyl (C=O) groups excluding carboxylic acids is 1. The summed E-state index contributed by atoms with van der Waals surface area (Å²) in [6, 6.07) is 14.2. The zero-order valence-electron chi connectivity index (χ0n) is 17.8. The highest BCUT2D eigenvalue weighted by molar-refractivity contribution is 5.82. The van der Waals surface area contributed by atoms with Gasteiger partial charge in [0.05, 0.1) is 12.6 Å². The summed E-state index contributed by atoms with van der Waals surface area (Å²) in [5, 5.41) is 3.44. The average Bonchev–Trinajstić information content (AvgIpc) is 3.16. The van der Waals surface area contributed by atoms with E-state index >= 15 is 0 Å². The first-order chi connectivity index (χ1) is 15.0. The van der Waals surface area contributed by atoms with Gasteiger partial charge < -0.3 is 14.2 Å². The Labute approximate surface area is 183 Å². The van der Waals surface area contributed by atoms with Crippen LogP contribution < -0.4 is 4.74 Å². The minimum atomic E-state index is -4.72. The van der Waals surface area contributed by atoms with Gasteiger partial charge in [-0.05, 0) is 11.6 Å². The first-order valence-corrected chi connectivity index (χ1v) is 10.1. The number of rotatable bonds is 2. The molecular weight excluding hydrogens is 423 g/mol. The van der Waals surface area contributed by atoms with E-state index in [0.717, 1.165) is 11.1 Å². The van der Waals surface area contributed by atoms with Crippen LogP contribution in [-0.2, 0) is 17.5 Å². The van der Waals surface area contributed by atoms with E-state index in [1.165, 1.54) is 0 Å². The summed E-state index contributed by atoms with van der Waals surface area (Å²) in [6.07, 6.45) is -4.72. The predicted octanol–water partition coefficient (Wildman–Crippen LogP) is 5.26. The Hall–Kier alpha value is -3.36. The molecule has 1 unspecified atom stereocenters. The van der Waals surface area contributed by atoms with Gasteiger partial charge >= 0.3 is 12.1 Å². The maximum atomic E-state index is 13.3. The van der Waals surface area contributed by atoms with Gasteiger partial charge in [0.15, 0.2) is 0 Å². The molecule has 0 aliphatic carbocycles. The molecule has 32 heavy (non-hydrogen) atoms. The van der Waals surface area contributed by atoms with Crippen molar-refractivity contribution in [3.63, 3.8) is 0 Å². The number of alkyl halides is 3. The zero-order valence-corrected chi connectivity index (χ0v) is 17.8. The quantitative estimate of drug-likeness (QED) is 0.538. The van der Waals surface area contributed by atoms with Crippen LogP contribution in [0.2, 0.25) is 0 Å². The van der Waals surface area contributed by atoms with E-state index in [9.17, 15) is 18.0 Å². The normalized spacial score (nSPS) is 16.8. The fourth-order valence-corrected chi connectivity index (χ4v) is 3.56. The van der Waals surface area contributed by atoms with Crippen molar-refractivity contribution in [2.45, 2.75) is 39.5 Å². The lowest BCUT2D eigenvalue weighted by atomic mass is 9.92. The van der Waals surface area contributed by atoms with E-state index in [0.29, 0.717) is 17.9 Å². The smallest absolute Gasteiger partial charge is 0.471 e. The van der Waals surface area contributed by atoms with Crippen LogP contribution in [0.3, 0.4) is 0 Å². The Kier molecular flexibility index (Phi) is 5.44. The molecule has 4 rings (SSSR count). The molecule has 0 fully saturated rings. The molecule has 3 aromatic rings. The molecule has 1 aliphatic heterocycles. The molecule has 2 aromatic carbocycles. The van der Waals surface area contributed by atoms with E-state index in [4.69, 9.17) is 4.74 Å². The van der Waals surface area contributed by atoms with Crippen LogP contribution in [-0.4, -0.2) is 27.6 Å². The lowest BCUT2D eigenvalue weighted by molar-refractivity contribution is -0.159. The summed E-state index contributed by atoms with van der Waals surface area (Å²) in [7, 11) is 0. The van der Waals surface area contributed by atoms with E-state index in [1.807, 2.05) is 51.1 Å². The number of ether oxygens (including phenoxy) is 1. The molecule has 1 amide bonds. The van der Waals surface area contributed by atoms with Crippen molar-refractivity contribution in [1.29, 1.82) is 0 Å². The Bertz CT molecular complexity index is 1120. The lowest BCUT2D eigenvalue weighted by Gasteiger charge is -2.34. The number of nitrogens with zero attached hydrogens (tertiary/aromatic N) is 3. The topological polar surface area (TPSA) is 68.5 Å². The van der Waals surface area contributed by atoms with Crippen molar-refractivity contribution in [2.24, 2.45) is 5.41 Å². The molecule has 1 atom stereocenters. The van der Waals surface area contributed by atoms with Crippen molar-refractivity contribution in [2.75, 3.05) is 6.61 Å². The highest BCUT2D eigenvalue weighted by Crippen LogP contribution is 2.37. The Balaban J connectivity index is 1.70. The van der Waals surface area contributed by atoms with Crippen LogP contribution >= 0.6 is 0 Å². The molecule has 0 bridgehead atoms. The van der Waals surface area contributed by atoms with Crippen LogP contribution in [0.5, 0.6) is 5.75 Å². The van der Waals surface area contributed by atoms with E-state index in [-0.39, 0.29) is 24.4 Å². The van der Waals surface area contributed by atoms with Gasteiger partial charge in [-0.3, -0.25) is 4.79 Å². The highest BCUT2D eigenvalue weighted by Gasteiger charge is 2.39. The van der Waals surface area contributed by atoms with Crippen molar-refractivity contribution in [1.82, 2.24) is 15.0 Å². The van der Waals surface area contributed by atoms with Gasteiger partial charge in [-0.1, -0.05) is 68.4 Å². The second-order valence-corrected chi connectivity index (χ2v) is 8.66. The first-order valence-electron chi connectivity index (χ1n) is 10.1. The number of hydrogen-bond acceptors (Lipinski definition) is 5. The number of carbonyl (C=O) groups is 1. The third-order valence-electron chi connectivity index (χ3n) is 5.19. The third-order valence-corrected chi connectivity index (χ3v) is 5.19. The molecule has 6 nitrogen and oxygen atoms in total. The molecule has 0 saturated heterocycles. The van der Waals surface area contributed by atoms with E-state index < -0.39 is 17.5 Å². The minimum Gasteiger partial charge on any atom is -0.491 e. The van der Waals surface area contributed by atoms with Crippen molar-refractivity contribution in [3.05, 3.63) is 65.5 Å². The fraction of sp³-hybridized carbons (Fsp3) is 0.348. The second-order valence-electron chi connectivity index (χ2n) is 8.66. The Morgan fingerprint density at radius 3 is 2.44 bits per heavy atom. The van der Waals surface area contributed by atoms with Crippen LogP contribution in [0.25, 0.3) is 11.4 Å². The molecular formula is C23H22F3N3O3. The summed E-state index contributed by atoms with van der Waals surface area (Å²) in [6.45, 7) is 6.08. The molecule has 0 radical (unpaired) electrons. The van der Waals surface area contributed by atoms with Crippen LogP contribution in [0.4, 0.5) is 13.2 Å². The number of benzene rings is 2. The maximum absolute atomic E-state index is 13.3. The molecule has 0 N–H and O–H groups in total. The number of halogens is 3. The second kappa shape index (κ2) is 7.96. The Morgan fingerprint density at radius 2 is 1.81 bits per heavy atom. The number of fused-ring (bicyclic) bond motifs is 1. The minimum absolute atomic E-state index is 0.0279. The SMILES string of the molecule is CC(C)(C)C(=O)N1Cc2ccc(-c3noc(C(F)(F)F)n3)cc2OCC1c1ccccc1. The summed E-state index contributed by atoms with van der Waals surface area (Å²) < 4.78 is 48.8. The van der Waals surface area contributed by atoms with Crippen molar-refractivity contribution >= 4 is 5.91 Å². The summed E-state index contributed by atoms with van der Waals surface area (Å²) in [4.78, 5) is 18.5. The van der Waals surface area contributed by atoms with Crippen molar-refractivity contribution < 1.29 is 27.2 Å². The summed E-state index contributed by atoms with van der Waals surface area (Å²) >= 11 is 0. The first kappa shape index (κ1) is 21.9. The zero-order chi connectivity index (χ0) is 23.1. The van der Waals surface area contributed by atoms with Gasteiger partial charge in [0.25, 0.3) is 0 Å². The van der Waals surface area contributed by atoms with Crippen LogP contribution in [0.15, 0.2) is 53.1 Å². The largest absolute Gasteiger partial charge is 0.491 e. The predicted molar refractivity (Wildman–Crippen MR) is 109 cm³/mol. The number of aromatic nitrogens is 2. The van der Waals surface area contributed by atoms with Gasteiger partial charge in [0.2, 0.25) is 11.7 Å². The van der Waals surface area contributed by atoms with Gasteiger partial charge in [-0.2, -0.15) is 18.2 Å². The van der Waals surface area contributed by atoms with Gasteiger partial charge in [0, 0.05) is 16.5 Å². The van der Waals surface area contributed by atoms with Gasteiger partial charge in [0.1, 0.15) is 12.4 Å². The number of hydrogen-bond donors (Lipinski definition) is 0. The highest BCUT2D eigenvalue weighted by atomic mass is 19.4. The fourth-order valence-electron chi connectivity index (χ4n) is 3.56. The van der Waals surface area contributed by atoms with E-state index in [1.54, 1.807) is 23.1 Å². The van der Waals surface area contributed by atoms with E-state index in [2.05, 4.69) is 14.7 Å². The monoisotopic (exact) mass is 445 g/mol. The number of amides is 1. The van der Waals surface area contributed by atoms with Crippen molar-refractivity contribution in [3.8, 4) is 17.1 Å². The van der Waals surface area contributed by atoms with Crippen LogP contribution in [0, 0.1) is 5.41 Å². The molecule has 0 spiro atoms. The standard InChI is InChI=1S/C23H22F3N3O3/c1-22(2,3)21(30)29-12-16-10-9-15(19-27-20(32-28-19)23(24,25)26)11-18(16)31-13-17(29)14-7-5-4-6-8-14/h4-11,17H,12-13H2,1-3H3. The maximum Gasteiger partial charge on any atom is 0.471 e. The third kappa shape index (κ3) is 4.32. The van der Waals surface area contributed by atoms with Gasteiger partial charge in [-0.25, -0.2) is 0 Å². The summed E-state index contributed by atoms with van der Waals surface area (Å²) in [5.41, 5.74) is 1.40. The molecule has 1 aromatic heterocycles. The van der Waals surface area contributed by atoms with Crippen LogP contribution in [0.1, 0.15) is 43.8 Å². The average molecular weight is 445 g/mol. The lowest BCUT2D eigenvalue weighted by Crippen LogP contribution is -2.42. The molecule has 0 saturated carbocycles.